The van der Waals surface area contributed by atoms with E-state index in [0.717, 1.165) is 0 Å². The first-order chi connectivity index (χ1) is 4.41. The zero-order valence-corrected chi connectivity index (χ0v) is 5.61. The summed E-state index contributed by atoms with van der Waals surface area (Å²) in [6, 6.07) is 0. The normalized spacial score (nSPS) is 32.0. The fourth-order valence-electron chi connectivity index (χ4n) is 1.64. The molecule has 0 aromatic rings. The average Bonchev–Trinajstić information content (AvgIpc) is 1.87. The molecule has 0 aliphatic carbocycles. The monoisotopic (exact) mass is 125 g/mol. The predicted molar refractivity (Wildman–Crippen MR) is 36.8 cm³/mol. The minimum atomic E-state index is 0.602. The molecule has 2 heterocycles. The van der Waals surface area contributed by atoms with Crippen molar-refractivity contribution in [1.29, 1.82) is 0 Å². The minimum Gasteiger partial charge on any atom is -0.317 e. The van der Waals surface area contributed by atoms with Crippen LogP contribution in [0.5, 0.6) is 0 Å². The second-order valence-corrected chi connectivity index (χ2v) is 3.14. The van der Waals surface area contributed by atoms with Crippen LogP contribution in [-0.2, 0) is 0 Å². The molecule has 0 saturated carbocycles. The highest BCUT2D eigenvalue weighted by Crippen LogP contribution is 2.35. The summed E-state index contributed by atoms with van der Waals surface area (Å²) in [6.45, 7) is 5.90. The van der Waals surface area contributed by atoms with Crippen LogP contribution in [0.25, 0.3) is 0 Å². The Kier molecular flexibility index (Phi) is 1.24. The molecular weight excluding hydrogens is 112 g/mol. The van der Waals surface area contributed by atoms with Crippen LogP contribution in [0.1, 0.15) is 12.8 Å². The second kappa shape index (κ2) is 1.96. The number of piperidine rings is 1. The molecule has 0 unspecified atom stereocenters. The van der Waals surface area contributed by atoms with E-state index < -0.39 is 0 Å². The zero-order chi connectivity index (χ0) is 6.16. The summed E-state index contributed by atoms with van der Waals surface area (Å²) in [6.07, 6.45) is 2.67. The fraction of sp³-hybridized carbons (Fsp3) is 0.857. The van der Waals surface area contributed by atoms with Crippen molar-refractivity contribution < 1.29 is 0 Å². The molecule has 0 amide bonds. The Morgan fingerprint density at radius 2 is 1.89 bits per heavy atom. The molecule has 1 spiro atoms. The molecule has 2 aliphatic heterocycles. The van der Waals surface area contributed by atoms with Crippen molar-refractivity contribution in [2.45, 2.75) is 12.8 Å². The number of rotatable bonds is 0. The van der Waals surface area contributed by atoms with Crippen LogP contribution in [-0.4, -0.2) is 19.6 Å². The highest BCUT2D eigenvalue weighted by Gasteiger charge is 2.37. The third-order valence-electron chi connectivity index (χ3n) is 2.46. The SMILES string of the molecule is [CH]1NCC12CCNCC2. The topological polar surface area (TPSA) is 24.1 Å². The number of hydrogen-bond acceptors (Lipinski definition) is 2. The van der Waals surface area contributed by atoms with E-state index in [4.69, 9.17) is 0 Å². The van der Waals surface area contributed by atoms with Crippen LogP contribution in [0.15, 0.2) is 0 Å². The van der Waals surface area contributed by atoms with E-state index in [9.17, 15) is 0 Å². The van der Waals surface area contributed by atoms with E-state index in [-0.39, 0.29) is 0 Å². The van der Waals surface area contributed by atoms with E-state index in [1.165, 1.54) is 32.5 Å². The van der Waals surface area contributed by atoms with Crippen molar-refractivity contribution in [2.24, 2.45) is 5.41 Å². The van der Waals surface area contributed by atoms with E-state index in [1.807, 2.05) is 0 Å². The standard InChI is InChI=1S/C7H13N2/c1-3-8-4-2-7(1)5-9-6-7/h5,8-9H,1-4,6H2. The van der Waals surface area contributed by atoms with Crippen molar-refractivity contribution in [2.75, 3.05) is 19.6 Å². The summed E-state index contributed by atoms with van der Waals surface area (Å²) in [5.74, 6) is 0. The Hall–Kier alpha value is -0.0800. The van der Waals surface area contributed by atoms with E-state index in [2.05, 4.69) is 17.2 Å². The molecule has 51 valence electrons. The maximum Gasteiger partial charge on any atom is 0.0296 e. The maximum atomic E-state index is 3.36. The van der Waals surface area contributed by atoms with Crippen molar-refractivity contribution in [3.8, 4) is 0 Å². The van der Waals surface area contributed by atoms with Crippen molar-refractivity contribution in [3.63, 3.8) is 0 Å². The van der Waals surface area contributed by atoms with Gasteiger partial charge in [0.05, 0.1) is 0 Å². The molecule has 0 bridgehead atoms. The largest absolute Gasteiger partial charge is 0.317 e. The number of hydrogen-bond donors (Lipinski definition) is 2. The smallest absolute Gasteiger partial charge is 0.0296 e. The fourth-order valence-corrected chi connectivity index (χ4v) is 1.64. The molecule has 2 fully saturated rings. The molecule has 2 heteroatoms. The molecule has 2 rings (SSSR count). The van der Waals surface area contributed by atoms with Gasteiger partial charge < -0.3 is 10.6 Å². The first kappa shape index (κ1) is 5.69. The number of nitrogens with one attached hydrogen (secondary N) is 2. The summed E-state index contributed by atoms with van der Waals surface area (Å²) in [4.78, 5) is 0. The first-order valence-electron chi connectivity index (χ1n) is 3.70. The molecule has 0 atom stereocenters. The lowest BCUT2D eigenvalue weighted by molar-refractivity contribution is 0.165. The predicted octanol–water partition coefficient (Wildman–Crippen LogP) is 0.121. The van der Waals surface area contributed by atoms with Crippen molar-refractivity contribution >= 4 is 0 Å². The Labute approximate surface area is 56.0 Å². The zero-order valence-electron chi connectivity index (χ0n) is 5.61. The van der Waals surface area contributed by atoms with Gasteiger partial charge in [0.1, 0.15) is 0 Å². The molecule has 1 radical (unpaired) electrons. The van der Waals surface area contributed by atoms with Gasteiger partial charge in [-0.2, -0.15) is 0 Å². The minimum absolute atomic E-state index is 0.602. The quantitative estimate of drug-likeness (QED) is 0.480. The van der Waals surface area contributed by atoms with Crippen molar-refractivity contribution in [3.05, 3.63) is 6.54 Å². The molecule has 2 nitrogen and oxygen atoms in total. The summed E-state index contributed by atoms with van der Waals surface area (Å²) in [5, 5.41) is 6.58. The Morgan fingerprint density at radius 3 is 2.22 bits per heavy atom. The molecule has 9 heavy (non-hydrogen) atoms. The van der Waals surface area contributed by atoms with Gasteiger partial charge in [-0.15, -0.1) is 0 Å². The average molecular weight is 125 g/mol. The third-order valence-corrected chi connectivity index (χ3v) is 2.46. The van der Waals surface area contributed by atoms with E-state index >= 15 is 0 Å². The van der Waals surface area contributed by atoms with Crippen LogP contribution in [0.4, 0.5) is 0 Å². The van der Waals surface area contributed by atoms with Gasteiger partial charge in [-0.05, 0) is 25.9 Å². The van der Waals surface area contributed by atoms with E-state index in [1.54, 1.807) is 0 Å². The lowest BCUT2D eigenvalue weighted by atomic mass is 9.74. The van der Waals surface area contributed by atoms with Gasteiger partial charge in [0, 0.05) is 18.5 Å². The highest BCUT2D eigenvalue weighted by molar-refractivity contribution is 5.03. The van der Waals surface area contributed by atoms with Gasteiger partial charge in [-0.3, -0.25) is 0 Å². The molecule has 2 aliphatic rings. The summed E-state index contributed by atoms with van der Waals surface area (Å²) < 4.78 is 0. The molecule has 2 N–H and O–H groups in total. The Bertz CT molecular complexity index is 99.5. The Balaban J connectivity index is 1.93. The van der Waals surface area contributed by atoms with Crippen LogP contribution in [0, 0.1) is 12.0 Å². The summed E-state index contributed by atoms with van der Waals surface area (Å²) >= 11 is 0. The van der Waals surface area contributed by atoms with Crippen LogP contribution in [0.2, 0.25) is 0 Å². The van der Waals surface area contributed by atoms with Gasteiger partial charge >= 0.3 is 0 Å². The summed E-state index contributed by atoms with van der Waals surface area (Å²) in [7, 11) is 0. The van der Waals surface area contributed by atoms with Crippen LogP contribution in [0.3, 0.4) is 0 Å². The van der Waals surface area contributed by atoms with Crippen molar-refractivity contribution in [1.82, 2.24) is 10.6 Å². The van der Waals surface area contributed by atoms with Gasteiger partial charge in [-0.1, -0.05) is 0 Å². The van der Waals surface area contributed by atoms with Crippen LogP contribution >= 0.6 is 0 Å². The van der Waals surface area contributed by atoms with Gasteiger partial charge in [0.25, 0.3) is 0 Å². The third kappa shape index (κ3) is 0.864. The van der Waals surface area contributed by atoms with Gasteiger partial charge in [0.2, 0.25) is 0 Å². The lowest BCUT2D eigenvalue weighted by Crippen LogP contribution is -2.53. The van der Waals surface area contributed by atoms with Gasteiger partial charge in [-0.25, -0.2) is 0 Å². The second-order valence-electron chi connectivity index (χ2n) is 3.14. The van der Waals surface area contributed by atoms with Gasteiger partial charge in [0.15, 0.2) is 0 Å². The lowest BCUT2D eigenvalue weighted by Gasteiger charge is -2.45. The highest BCUT2D eigenvalue weighted by atomic mass is 15.0. The maximum absolute atomic E-state index is 3.36. The molecular formula is C7H13N2. The molecule has 2 saturated heterocycles. The summed E-state index contributed by atoms with van der Waals surface area (Å²) in [5.41, 5.74) is 0.602. The van der Waals surface area contributed by atoms with E-state index in [0.29, 0.717) is 5.41 Å². The first-order valence-corrected chi connectivity index (χ1v) is 3.70. The van der Waals surface area contributed by atoms with Crippen LogP contribution < -0.4 is 10.6 Å². The molecule has 0 aromatic carbocycles. The Morgan fingerprint density at radius 1 is 1.22 bits per heavy atom. The molecule has 0 aromatic heterocycles.